The first-order chi connectivity index (χ1) is 12.6. The largest absolute Gasteiger partial charge is 0.372 e. The minimum atomic E-state index is -0.228. The number of aromatic nitrogens is 2. The van der Waals surface area contributed by atoms with Crippen LogP contribution < -0.4 is 15.5 Å². The fourth-order valence-electron chi connectivity index (χ4n) is 2.97. The molecule has 1 saturated heterocycles. The number of rotatable bonds is 7. The molecule has 0 unspecified atom stereocenters. The quantitative estimate of drug-likeness (QED) is 0.792. The molecule has 0 atom stereocenters. The van der Waals surface area contributed by atoms with Gasteiger partial charge in [-0.05, 0) is 55.5 Å². The molecule has 1 fully saturated rings. The standard InChI is InChI=1S/C20H27N5O/c1-15(2)9-11-21-20-22-12-10-18(24-20)19(26)23-16-5-7-17(8-6-16)25-13-3-4-14-25/h5-8,10,12,15H,3-4,9,11,13-14H2,1-2H3,(H,23,26)(H,21,22,24). The first-order valence-electron chi connectivity index (χ1n) is 9.35. The number of nitrogens with zero attached hydrogens (tertiary/aromatic N) is 3. The molecule has 6 nitrogen and oxygen atoms in total. The van der Waals surface area contributed by atoms with E-state index in [1.54, 1.807) is 12.3 Å². The smallest absolute Gasteiger partial charge is 0.274 e. The van der Waals surface area contributed by atoms with Crippen molar-refractivity contribution in [1.82, 2.24) is 9.97 Å². The van der Waals surface area contributed by atoms with Crippen LogP contribution in [0.15, 0.2) is 36.5 Å². The minimum absolute atomic E-state index is 0.228. The van der Waals surface area contributed by atoms with E-state index >= 15 is 0 Å². The van der Waals surface area contributed by atoms with Gasteiger partial charge < -0.3 is 15.5 Å². The second-order valence-corrected chi connectivity index (χ2v) is 7.07. The monoisotopic (exact) mass is 353 g/mol. The summed E-state index contributed by atoms with van der Waals surface area (Å²) in [5.74, 6) is 0.869. The highest BCUT2D eigenvalue weighted by Gasteiger charge is 2.13. The van der Waals surface area contributed by atoms with Crippen LogP contribution in [0, 0.1) is 5.92 Å². The molecule has 1 aliphatic heterocycles. The van der Waals surface area contributed by atoms with Gasteiger partial charge in [-0.1, -0.05) is 13.8 Å². The maximum atomic E-state index is 12.4. The van der Waals surface area contributed by atoms with E-state index in [2.05, 4.69) is 51.5 Å². The summed E-state index contributed by atoms with van der Waals surface area (Å²) in [6, 6.07) is 9.62. The summed E-state index contributed by atoms with van der Waals surface area (Å²) >= 11 is 0. The van der Waals surface area contributed by atoms with Crippen molar-refractivity contribution >= 4 is 23.2 Å². The normalized spacial score (nSPS) is 13.9. The highest BCUT2D eigenvalue weighted by atomic mass is 16.1. The van der Waals surface area contributed by atoms with Crippen molar-refractivity contribution in [3.8, 4) is 0 Å². The van der Waals surface area contributed by atoms with Crippen molar-refractivity contribution < 1.29 is 4.79 Å². The van der Waals surface area contributed by atoms with Gasteiger partial charge in [0, 0.05) is 37.2 Å². The molecule has 1 aliphatic rings. The van der Waals surface area contributed by atoms with Gasteiger partial charge in [0.1, 0.15) is 5.69 Å². The molecule has 1 aromatic carbocycles. The predicted octanol–water partition coefficient (Wildman–Crippen LogP) is 3.79. The highest BCUT2D eigenvalue weighted by molar-refractivity contribution is 6.03. The maximum Gasteiger partial charge on any atom is 0.274 e. The van der Waals surface area contributed by atoms with Gasteiger partial charge in [-0.25, -0.2) is 9.97 Å². The van der Waals surface area contributed by atoms with E-state index in [-0.39, 0.29) is 5.91 Å². The molecule has 2 aromatic rings. The molecule has 26 heavy (non-hydrogen) atoms. The summed E-state index contributed by atoms with van der Waals surface area (Å²) in [5.41, 5.74) is 2.33. The van der Waals surface area contributed by atoms with Gasteiger partial charge in [0.05, 0.1) is 0 Å². The van der Waals surface area contributed by atoms with Crippen molar-refractivity contribution in [2.24, 2.45) is 5.92 Å². The Morgan fingerprint density at radius 1 is 1.15 bits per heavy atom. The van der Waals surface area contributed by atoms with Crippen LogP contribution in [0.5, 0.6) is 0 Å². The molecule has 0 aliphatic carbocycles. The molecule has 0 spiro atoms. The summed E-state index contributed by atoms with van der Waals surface area (Å²) in [6.07, 6.45) is 5.14. The third-order valence-corrected chi connectivity index (χ3v) is 4.49. The lowest BCUT2D eigenvalue weighted by Gasteiger charge is -2.17. The lowest BCUT2D eigenvalue weighted by Crippen LogP contribution is -2.18. The average Bonchev–Trinajstić information content (AvgIpc) is 3.17. The van der Waals surface area contributed by atoms with Gasteiger partial charge in [0.25, 0.3) is 5.91 Å². The number of nitrogens with one attached hydrogen (secondary N) is 2. The Morgan fingerprint density at radius 2 is 1.88 bits per heavy atom. The van der Waals surface area contributed by atoms with Crippen molar-refractivity contribution in [3.63, 3.8) is 0 Å². The van der Waals surface area contributed by atoms with Crippen LogP contribution in [0.3, 0.4) is 0 Å². The first-order valence-corrected chi connectivity index (χ1v) is 9.35. The van der Waals surface area contributed by atoms with Crippen molar-refractivity contribution in [2.75, 3.05) is 35.2 Å². The number of amides is 1. The highest BCUT2D eigenvalue weighted by Crippen LogP contribution is 2.22. The molecule has 0 saturated carbocycles. The second-order valence-electron chi connectivity index (χ2n) is 7.07. The SMILES string of the molecule is CC(C)CCNc1nccc(C(=O)Nc2ccc(N3CCCC3)cc2)n1. The molecule has 0 bridgehead atoms. The zero-order valence-electron chi connectivity index (χ0n) is 15.5. The average molecular weight is 353 g/mol. The van der Waals surface area contributed by atoms with Crippen LogP contribution in [-0.2, 0) is 0 Å². The van der Waals surface area contributed by atoms with Gasteiger partial charge in [-0.2, -0.15) is 0 Å². The number of benzene rings is 1. The number of anilines is 3. The second kappa shape index (κ2) is 8.65. The van der Waals surface area contributed by atoms with E-state index < -0.39 is 0 Å². The summed E-state index contributed by atoms with van der Waals surface area (Å²) in [4.78, 5) is 23.3. The Bertz CT molecular complexity index is 723. The Kier molecular flexibility index (Phi) is 6.04. The van der Waals surface area contributed by atoms with Crippen LogP contribution in [0.2, 0.25) is 0 Å². The zero-order valence-corrected chi connectivity index (χ0v) is 15.5. The molecule has 2 heterocycles. The first kappa shape index (κ1) is 18.2. The third kappa shape index (κ3) is 4.94. The molecule has 0 radical (unpaired) electrons. The van der Waals surface area contributed by atoms with Gasteiger partial charge in [0.15, 0.2) is 0 Å². The lowest BCUT2D eigenvalue weighted by atomic mass is 10.1. The van der Waals surface area contributed by atoms with Crippen LogP contribution in [0.4, 0.5) is 17.3 Å². The molecular formula is C20H27N5O. The van der Waals surface area contributed by atoms with E-state index in [9.17, 15) is 4.79 Å². The van der Waals surface area contributed by atoms with Crippen molar-refractivity contribution in [3.05, 3.63) is 42.2 Å². The minimum Gasteiger partial charge on any atom is -0.372 e. The van der Waals surface area contributed by atoms with E-state index in [0.29, 0.717) is 17.6 Å². The Labute approximate surface area is 155 Å². The number of hydrogen-bond acceptors (Lipinski definition) is 5. The summed E-state index contributed by atoms with van der Waals surface area (Å²) in [7, 11) is 0. The topological polar surface area (TPSA) is 70.2 Å². The van der Waals surface area contributed by atoms with E-state index in [1.165, 1.54) is 18.5 Å². The Morgan fingerprint density at radius 3 is 2.58 bits per heavy atom. The van der Waals surface area contributed by atoms with E-state index in [1.807, 2.05) is 12.1 Å². The van der Waals surface area contributed by atoms with Crippen LogP contribution >= 0.6 is 0 Å². The van der Waals surface area contributed by atoms with Crippen LogP contribution in [-0.4, -0.2) is 35.5 Å². The molecule has 6 heteroatoms. The third-order valence-electron chi connectivity index (χ3n) is 4.49. The van der Waals surface area contributed by atoms with Crippen LogP contribution in [0.1, 0.15) is 43.6 Å². The van der Waals surface area contributed by atoms with Crippen molar-refractivity contribution in [2.45, 2.75) is 33.1 Å². The Hall–Kier alpha value is -2.63. The maximum absolute atomic E-state index is 12.4. The van der Waals surface area contributed by atoms with E-state index in [4.69, 9.17) is 0 Å². The van der Waals surface area contributed by atoms with E-state index in [0.717, 1.165) is 31.7 Å². The molecule has 138 valence electrons. The van der Waals surface area contributed by atoms with Gasteiger partial charge >= 0.3 is 0 Å². The summed E-state index contributed by atoms with van der Waals surface area (Å²) in [5, 5.41) is 6.07. The summed E-state index contributed by atoms with van der Waals surface area (Å²) < 4.78 is 0. The van der Waals surface area contributed by atoms with Gasteiger partial charge in [0.2, 0.25) is 5.95 Å². The summed E-state index contributed by atoms with van der Waals surface area (Å²) in [6.45, 7) is 7.35. The molecule has 1 amide bonds. The lowest BCUT2D eigenvalue weighted by molar-refractivity contribution is 0.102. The fraction of sp³-hybridized carbons (Fsp3) is 0.450. The zero-order chi connectivity index (χ0) is 18.4. The van der Waals surface area contributed by atoms with Crippen LogP contribution in [0.25, 0.3) is 0 Å². The molecular weight excluding hydrogens is 326 g/mol. The van der Waals surface area contributed by atoms with Gasteiger partial charge in [-0.3, -0.25) is 4.79 Å². The molecule has 2 N–H and O–H groups in total. The molecule has 1 aromatic heterocycles. The Balaban J connectivity index is 1.58. The van der Waals surface area contributed by atoms with Gasteiger partial charge in [-0.15, -0.1) is 0 Å². The number of carbonyl (C=O) groups excluding carboxylic acids is 1. The number of carbonyl (C=O) groups is 1. The van der Waals surface area contributed by atoms with Crippen molar-refractivity contribution in [1.29, 1.82) is 0 Å². The molecule has 3 rings (SSSR count). The predicted molar refractivity (Wildman–Crippen MR) is 106 cm³/mol. The number of hydrogen-bond donors (Lipinski definition) is 2. The fourth-order valence-corrected chi connectivity index (χ4v) is 2.97.